The van der Waals surface area contributed by atoms with Crippen LogP contribution in [0.3, 0.4) is 0 Å². The van der Waals surface area contributed by atoms with Crippen molar-refractivity contribution in [2.24, 2.45) is 5.92 Å². The number of ketones is 1. The highest BCUT2D eigenvalue weighted by atomic mass is 79.9. The van der Waals surface area contributed by atoms with Gasteiger partial charge in [0.05, 0.1) is 17.6 Å². The summed E-state index contributed by atoms with van der Waals surface area (Å²) < 4.78 is 14.3. The third-order valence-corrected chi connectivity index (χ3v) is 5.32. The van der Waals surface area contributed by atoms with E-state index in [4.69, 9.17) is 0 Å². The van der Waals surface area contributed by atoms with Crippen LogP contribution in [-0.4, -0.2) is 10.8 Å². The summed E-state index contributed by atoms with van der Waals surface area (Å²) in [5, 5.41) is 2.87. The van der Waals surface area contributed by atoms with Crippen molar-refractivity contribution in [2.75, 3.05) is 5.32 Å². The highest BCUT2D eigenvalue weighted by Crippen LogP contribution is 2.27. The predicted molar refractivity (Wildman–Crippen MR) is 113 cm³/mol. The second kappa shape index (κ2) is 11.2. The Morgan fingerprint density at radius 2 is 1.96 bits per heavy atom. The summed E-state index contributed by atoms with van der Waals surface area (Å²) in [7, 11) is 0. The van der Waals surface area contributed by atoms with Crippen LogP contribution >= 0.6 is 15.9 Å². The maximum atomic E-state index is 13.7. The number of nitrogens with one attached hydrogen (secondary N) is 1. The summed E-state index contributed by atoms with van der Waals surface area (Å²) in [5.74, 6) is 0.601. The summed E-state index contributed by atoms with van der Waals surface area (Å²) in [6.45, 7) is 3.76. The van der Waals surface area contributed by atoms with E-state index in [1.807, 2.05) is 0 Å². The second-order valence-electron chi connectivity index (χ2n) is 7.02. The topological polar surface area (TPSA) is 42.0 Å². The summed E-state index contributed by atoms with van der Waals surface area (Å²) in [6, 6.07) is 6.26. The minimum absolute atomic E-state index is 0.0996. The first kappa shape index (κ1) is 21.5. The average molecular weight is 435 g/mol. The van der Waals surface area contributed by atoms with Crippen LogP contribution in [0, 0.1) is 11.7 Å². The van der Waals surface area contributed by atoms with Gasteiger partial charge in [-0.2, -0.15) is 0 Å². The van der Waals surface area contributed by atoms with E-state index in [0.29, 0.717) is 21.4 Å². The van der Waals surface area contributed by atoms with Gasteiger partial charge in [-0.15, -0.1) is 0 Å². The molecule has 1 aromatic heterocycles. The normalized spacial score (nSPS) is 14.2. The van der Waals surface area contributed by atoms with Gasteiger partial charge in [-0.05, 0) is 37.1 Å². The number of Topliss-reactive ketones (excluding diaryl/α,β-unsaturated/α-hetero) is 1. The number of anilines is 2. The molecule has 0 amide bonds. The van der Waals surface area contributed by atoms with Crippen LogP contribution in [0.25, 0.3) is 0 Å². The van der Waals surface area contributed by atoms with E-state index in [2.05, 4.69) is 33.2 Å². The van der Waals surface area contributed by atoms with Crippen molar-refractivity contribution in [1.29, 1.82) is 0 Å². The Hall–Kier alpha value is -1.75. The molecule has 0 bridgehead atoms. The molecule has 5 heteroatoms. The molecule has 1 fully saturated rings. The lowest BCUT2D eigenvalue weighted by Crippen LogP contribution is -2.04. The van der Waals surface area contributed by atoms with Gasteiger partial charge < -0.3 is 5.32 Å². The van der Waals surface area contributed by atoms with Gasteiger partial charge in [0.15, 0.2) is 5.78 Å². The molecule has 3 nitrogen and oxygen atoms in total. The van der Waals surface area contributed by atoms with E-state index >= 15 is 0 Å². The van der Waals surface area contributed by atoms with E-state index < -0.39 is 5.82 Å². The number of pyridine rings is 1. The fraction of sp³-hybridized carbons (Fsp3) is 0.455. The van der Waals surface area contributed by atoms with Crippen LogP contribution in [0.1, 0.15) is 69.2 Å². The average Bonchev–Trinajstić information content (AvgIpc) is 2.66. The molecule has 0 radical (unpaired) electrons. The van der Waals surface area contributed by atoms with Crippen LogP contribution in [0.4, 0.5) is 15.8 Å². The third kappa shape index (κ3) is 7.06. The largest absolute Gasteiger partial charge is 0.351 e. The van der Waals surface area contributed by atoms with Crippen LogP contribution in [-0.2, 0) is 0 Å². The molecular weight excluding hydrogens is 407 g/mol. The molecule has 1 aliphatic rings. The molecule has 146 valence electrons. The molecule has 1 N–H and O–H groups in total. The third-order valence-electron chi connectivity index (χ3n) is 4.82. The van der Waals surface area contributed by atoms with Gasteiger partial charge in [0.1, 0.15) is 5.82 Å². The number of halogens is 2. The highest BCUT2D eigenvalue weighted by Gasteiger charge is 2.11. The Morgan fingerprint density at radius 3 is 2.59 bits per heavy atom. The molecular formula is C22H28BrFN2O. The van der Waals surface area contributed by atoms with Crippen LogP contribution in [0.5, 0.6) is 0 Å². The zero-order valence-corrected chi connectivity index (χ0v) is 17.7. The SMILES string of the molecule is CC(=O)c1ccncc1Nc1ccc(Br)cc1F.CCCC1CCCCC1. The molecule has 3 rings (SSSR count). The lowest BCUT2D eigenvalue weighted by molar-refractivity contribution is 0.101. The first-order valence-corrected chi connectivity index (χ1v) is 10.5. The van der Waals surface area contributed by atoms with Crippen molar-refractivity contribution in [3.63, 3.8) is 0 Å². The molecule has 1 aliphatic carbocycles. The van der Waals surface area contributed by atoms with Gasteiger partial charge in [-0.3, -0.25) is 9.78 Å². The van der Waals surface area contributed by atoms with E-state index in [9.17, 15) is 9.18 Å². The van der Waals surface area contributed by atoms with Gasteiger partial charge in [0.25, 0.3) is 0 Å². The molecule has 27 heavy (non-hydrogen) atoms. The predicted octanol–water partition coefficient (Wildman–Crippen LogP) is 7.30. The first-order chi connectivity index (χ1) is 13.0. The minimum Gasteiger partial charge on any atom is -0.351 e. The van der Waals surface area contributed by atoms with Crippen molar-refractivity contribution in [2.45, 2.75) is 58.8 Å². The standard InChI is InChI=1S/C13H10BrFN2O.C9H18/c1-8(18)10-4-5-16-7-13(10)17-12-3-2-9(14)6-11(12)15;1-2-6-9-7-4-3-5-8-9/h2-7,17H,1H3;9H,2-8H2,1H3. The van der Waals surface area contributed by atoms with Crippen LogP contribution in [0.15, 0.2) is 41.1 Å². The highest BCUT2D eigenvalue weighted by molar-refractivity contribution is 9.10. The van der Waals surface area contributed by atoms with Gasteiger partial charge in [-0.25, -0.2) is 4.39 Å². The maximum absolute atomic E-state index is 13.7. The smallest absolute Gasteiger partial charge is 0.162 e. The Kier molecular flexibility index (Phi) is 8.92. The number of nitrogens with zero attached hydrogens (tertiary/aromatic N) is 1. The quantitative estimate of drug-likeness (QED) is 0.501. The molecule has 0 atom stereocenters. The van der Waals surface area contributed by atoms with Crippen molar-refractivity contribution < 1.29 is 9.18 Å². The first-order valence-electron chi connectivity index (χ1n) is 9.68. The zero-order chi connectivity index (χ0) is 19.6. The Labute approximate surface area is 169 Å². The maximum Gasteiger partial charge on any atom is 0.162 e. The van der Waals surface area contributed by atoms with E-state index in [1.54, 1.807) is 18.2 Å². The van der Waals surface area contributed by atoms with Gasteiger partial charge in [-0.1, -0.05) is 67.8 Å². The zero-order valence-electron chi connectivity index (χ0n) is 16.1. The number of rotatable bonds is 5. The Morgan fingerprint density at radius 1 is 1.22 bits per heavy atom. The summed E-state index contributed by atoms with van der Waals surface area (Å²) in [5.41, 5.74) is 1.27. The lowest BCUT2D eigenvalue weighted by atomic mass is 9.86. The monoisotopic (exact) mass is 434 g/mol. The van der Waals surface area contributed by atoms with Crippen LogP contribution in [0.2, 0.25) is 0 Å². The number of hydrogen-bond donors (Lipinski definition) is 1. The minimum atomic E-state index is -0.400. The van der Waals surface area contributed by atoms with E-state index in [0.717, 1.165) is 5.92 Å². The molecule has 2 aromatic rings. The van der Waals surface area contributed by atoms with Crippen molar-refractivity contribution in [3.8, 4) is 0 Å². The van der Waals surface area contributed by atoms with Crippen molar-refractivity contribution in [1.82, 2.24) is 4.98 Å². The van der Waals surface area contributed by atoms with Gasteiger partial charge in [0.2, 0.25) is 0 Å². The Bertz CT molecular complexity index is 742. The van der Waals surface area contributed by atoms with Crippen LogP contribution < -0.4 is 5.32 Å². The Balaban J connectivity index is 0.000000244. The number of hydrogen-bond acceptors (Lipinski definition) is 3. The molecule has 0 saturated heterocycles. The molecule has 0 unspecified atom stereocenters. The van der Waals surface area contributed by atoms with Gasteiger partial charge in [0, 0.05) is 16.2 Å². The molecule has 1 aromatic carbocycles. The molecule has 0 aliphatic heterocycles. The van der Waals surface area contributed by atoms with E-state index in [-0.39, 0.29) is 5.78 Å². The number of carbonyl (C=O) groups is 1. The number of carbonyl (C=O) groups excluding carboxylic acids is 1. The van der Waals surface area contributed by atoms with Gasteiger partial charge >= 0.3 is 0 Å². The summed E-state index contributed by atoms with van der Waals surface area (Å²) in [4.78, 5) is 15.4. The fourth-order valence-corrected chi connectivity index (χ4v) is 3.75. The second-order valence-corrected chi connectivity index (χ2v) is 7.93. The number of benzene rings is 1. The summed E-state index contributed by atoms with van der Waals surface area (Å²) in [6.07, 6.45) is 13.5. The molecule has 0 spiro atoms. The molecule has 1 saturated carbocycles. The lowest BCUT2D eigenvalue weighted by Gasteiger charge is -2.20. The van der Waals surface area contributed by atoms with E-state index in [1.165, 1.54) is 70.3 Å². The fourth-order valence-electron chi connectivity index (χ4n) is 3.42. The van der Waals surface area contributed by atoms with Crippen molar-refractivity contribution in [3.05, 3.63) is 52.5 Å². The van der Waals surface area contributed by atoms with Crippen molar-refractivity contribution >= 4 is 33.1 Å². The summed E-state index contributed by atoms with van der Waals surface area (Å²) >= 11 is 3.19. The number of aromatic nitrogens is 1. The molecule has 1 heterocycles.